The summed E-state index contributed by atoms with van der Waals surface area (Å²) >= 11 is 1.42. The minimum Gasteiger partial charge on any atom is -0.497 e. The molecule has 3 aromatic rings. The number of ether oxygens (including phenoxy) is 2. The summed E-state index contributed by atoms with van der Waals surface area (Å²) in [6.45, 7) is 1.47. The van der Waals surface area contributed by atoms with Crippen molar-refractivity contribution in [3.8, 4) is 16.3 Å². The maximum atomic E-state index is 12.9. The first kappa shape index (κ1) is 20.5. The van der Waals surface area contributed by atoms with Crippen LogP contribution in [-0.4, -0.2) is 30.1 Å². The van der Waals surface area contributed by atoms with E-state index in [1.807, 2.05) is 24.3 Å². The highest BCUT2D eigenvalue weighted by Gasteiger charge is 2.19. The standard InChI is InChI=1S/C21H19FN2O4S/c1-13(20(26)23-16-7-5-15(22)6-8-16)28-19(25)11-17-12-29-21(24-17)14-3-9-18(27-2)10-4-14/h3-10,12-13H,11H2,1-2H3,(H,23,26)/t13-/m0/s1. The minimum atomic E-state index is -0.993. The third-order valence-corrected chi connectivity index (χ3v) is 4.94. The minimum absolute atomic E-state index is 0.0409. The predicted molar refractivity (Wildman–Crippen MR) is 108 cm³/mol. The Balaban J connectivity index is 1.54. The molecule has 1 heterocycles. The van der Waals surface area contributed by atoms with Crippen molar-refractivity contribution in [2.45, 2.75) is 19.4 Å². The summed E-state index contributed by atoms with van der Waals surface area (Å²) in [5.41, 5.74) is 1.90. The molecule has 0 radical (unpaired) electrons. The van der Waals surface area contributed by atoms with Gasteiger partial charge in [0.05, 0.1) is 19.2 Å². The number of nitrogens with zero attached hydrogens (tertiary/aromatic N) is 1. The Morgan fingerprint density at radius 2 is 1.83 bits per heavy atom. The van der Waals surface area contributed by atoms with E-state index in [-0.39, 0.29) is 6.42 Å². The number of carbonyl (C=O) groups excluding carboxylic acids is 2. The Morgan fingerprint density at radius 1 is 1.14 bits per heavy atom. The molecule has 6 nitrogen and oxygen atoms in total. The number of halogens is 1. The fourth-order valence-corrected chi connectivity index (χ4v) is 3.30. The summed E-state index contributed by atoms with van der Waals surface area (Å²) < 4.78 is 23.2. The van der Waals surface area contributed by atoms with Crippen LogP contribution in [0, 0.1) is 5.82 Å². The number of thiazole rings is 1. The molecule has 0 aliphatic heterocycles. The number of amides is 1. The summed E-state index contributed by atoms with van der Waals surface area (Å²) in [6.07, 6.45) is -1.03. The first-order valence-corrected chi connectivity index (χ1v) is 9.67. The van der Waals surface area contributed by atoms with E-state index in [0.717, 1.165) is 16.3 Å². The number of hydrogen-bond acceptors (Lipinski definition) is 6. The molecule has 0 aliphatic rings. The number of benzene rings is 2. The lowest BCUT2D eigenvalue weighted by atomic mass is 10.2. The summed E-state index contributed by atoms with van der Waals surface area (Å²) in [6, 6.07) is 12.8. The number of hydrogen-bond donors (Lipinski definition) is 1. The third kappa shape index (κ3) is 5.61. The summed E-state index contributed by atoms with van der Waals surface area (Å²) in [5, 5.41) is 5.12. The van der Waals surface area contributed by atoms with Crippen LogP contribution in [0.3, 0.4) is 0 Å². The Kier molecular flexibility index (Phi) is 6.56. The first-order chi connectivity index (χ1) is 13.9. The summed E-state index contributed by atoms with van der Waals surface area (Å²) in [7, 11) is 1.60. The highest BCUT2D eigenvalue weighted by atomic mass is 32.1. The van der Waals surface area contributed by atoms with Gasteiger partial charge < -0.3 is 14.8 Å². The number of rotatable bonds is 7. The van der Waals surface area contributed by atoms with Crippen molar-refractivity contribution >= 4 is 28.9 Å². The molecule has 8 heteroatoms. The van der Waals surface area contributed by atoms with E-state index in [1.54, 1.807) is 12.5 Å². The molecule has 1 aromatic heterocycles. The molecule has 150 valence electrons. The molecule has 1 amide bonds. The average molecular weight is 414 g/mol. The number of methoxy groups -OCH3 is 1. The van der Waals surface area contributed by atoms with E-state index in [0.29, 0.717) is 11.4 Å². The van der Waals surface area contributed by atoms with Gasteiger partial charge in [-0.2, -0.15) is 0 Å². The van der Waals surface area contributed by atoms with Crippen LogP contribution in [-0.2, 0) is 20.7 Å². The predicted octanol–water partition coefficient (Wildman–Crippen LogP) is 4.07. The zero-order valence-electron chi connectivity index (χ0n) is 15.8. The Morgan fingerprint density at radius 3 is 2.48 bits per heavy atom. The van der Waals surface area contributed by atoms with Crippen molar-refractivity contribution in [2.75, 3.05) is 12.4 Å². The molecule has 0 spiro atoms. The molecule has 1 N–H and O–H groups in total. The van der Waals surface area contributed by atoms with Gasteiger partial charge in [0.25, 0.3) is 5.91 Å². The van der Waals surface area contributed by atoms with Gasteiger partial charge in [0.1, 0.15) is 16.6 Å². The molecule has 2 aromatic carbocycles. The largest absolute Gasteiger partial charge is 0.497 e. The van der Waals surface area contributed by atoms with Gasteiger partial charge in [-0.1, -0.05) is 0 Å². The number of esters is 1. The molecule has 0 aliphatic carbocycles. The quantitative estimate of drug-likeness (QED) is 0.590. The second-order valence-electron chi connectivity index (χ2n) is 6.18. The highest BCUT2D eigenvalue weighted by molar-refractivity contribution is 7.13. The van der Waals surface area contributed by atoms with Gasteiger partial charge in [-0.25, -0.2) is 9.37 Å². The zero-order chi connectivity index (χ0) is 20.8. The lowest BCUT2D eigenvalue weighted by Gasteiger charge is -2.13. The fourth-order valence-electron chi connectivity index (χ4n) is 2.47. The summed E-state index contributed by atoms with van der Waals surface area (Å²) in [4.78, 5) is 28.7. The Hall–Kier alpha value is -3.26. The smallest absolute Gasteiger partial charge is 0.312 e. The topological polar surface area (TPSA) is 77.5 Å². The van der Waals surface area contributed by atoms with Crippen LogP contribution in [0.2, 0.25) is 0 Å². The molecule has 29 heavy (non-hydrogen) atoms. The van der Waals surface area contributed by atoms with E-state index in [1.165, 1.54) is 42.5 Å². The third-order valence-electron chi connectivity index (χ3n) is 4.00. The van der Waals surface area contributed by atoms with Crippen LogP contribution in [0.25, 0.3) is 10.6 Å². The van der Waals surface area contributed by atoms with Crippen molar-refractivity contribution < 1.29 is 23.5 Å². The van der Waals surface area contributed by atoms with Crippen molar-refractivity contribution in [2.24, 2.45) is 0 Å². The van der Waals surface area contributed by atoms with Crippen molar-refractivity contribution in [3.63, 3.8) is 0 Å². The molecule has 1 atom stereocenters. The first-order valence-electron chi connectivity index (χ1n) is 8.79. The molecule has 0 unspecified atom stereocenters. The monoisotopic (exact) mass is 414 g/mol. The molecule has 0 bridgehead atoms. The zero-order valence-corrected chi connectivity index (χ0v) is 16.7. The Bertz CT molecular complexity index is 987. The molecular weight excluding hydrogens is 395 g/mol. The molecular formula is C21H19FN2O4S. The lowest BCUT2D eigenvalue weighted by molar-refractivity contribution is -0.152. The lowest BCUT2D eigenvalue weighted by Crippen LogP contribution is -2.30. The number of anilines is 1. The number of aromatic nitrogens is 1. The van der Waals surface area contributed by atoms with Crippen LogP contribution in [0.15, 0.2) is 53.9 Å². The number of nitrogens with one attached hydrogen (secondary N) is 1. The van der Waals surface area contributed by atoms with Gasteiger partial charge in [0.2, 0.25) is 0 Å². The fraction of sp³-hybridized carbons (Fsp3) is 0.190. The molecule has 0 saturated heterocycles. The van der Waals surface area contributed by atoms with E-state index < -0.39 is 23.8 Å². The normalized spacial score (nSPS) is 11.6. The van der Waals surface area contributed by atoms with E-state index >= 15 is 0 Å². The van der Waals surface area contributed by atoms with Gasteiger partial charge >= 0.3 is 5.97 Å². The van der Waals surface area contributed by atoms with Gasteiger partial charge in [-0.3, -0.25) is 9.59 Å². The molecule has 0 saturated carbocycles. The Labute approximate surface area is 171 Å². The number of carbonyl (C=O) groups is 2. The van der Waals surface area contributed by atoms with Crippen molar-refractivity contribution in [1.82, 2.24) is 4.98 Å². The molecule has 3 rings (SSSR count). The highest BCUT2D eigenvalue weighted by Crippen LogP contribution is 2.26. The van der Waals surface area contributed by atoms with E-state index in [9.17, 15) is 14.0 Å². The van der Waals surface area contributed by atoms with Crippen LogP contribution < -0.4 is 10.1 Å². The van der Waals surface area contributed by atoms with Crippen LogP contribution in [0.5, 0.6) is 5.75 Å². The SMILES string of the molecule is COc1ccc(-c2nc(CC(=O)O[C@@H](C)C(=O)Nc3ccc(F)cc3)cs2)cc1. The van der Waals surface area contributed by atoms with Crippen molar-refractivity contribution in [1.29, 1.82) is 0 Å². The van der Waals surface area contributed by atoms with Crippen LogP contribution >= 0.6 is 11.3 Å². The van der Waals surface area contributed by atoms with Crippen molar-refractivity contribution in [3.05, 3.63) is 65.4 Å². The maximum Gasteiger partial charge on any atom is 0.312 e. The maximum absolute atomic E-state index is 12.9. The van der Waals surface area contributed by atoms with E-state index in [2.05, 4.69) is 10.3 Å². The second kappa shape index (κ2) is 9.29. The molecule has 0 fully saturated rings. The average Bonchev–Trinajstić information content (AvgIpc) is 3.18. The van der Waals surface area contributed by atoms with Crippen LogP contribution in [0.4, 0.5) is 10.1 Å². The van der Waals surface area contributed by atoms with E-state index in [4.69, 9.17) is 9.47 Å². The second-order valence-corrected chi connectivity index (χ2v) is 7.04. The van der Waals surface area contributed by atoms with Gasteiger partial charge in [-0.15, -0.1) is 11.3 Å². The van der Waals surface area contributed by atoms with Gasteiger partial charge in [-0.05, 0) is 55.5 Å². The van der Waals surface area contributed by atoms with Gasteiger partial charge in [0, 0.05) is 16.6 Å². The summed E-state index contributed by atoms with van der Waals surface area (Å²) in [5.74, 6) is -0.706. The van der Waals surface area contributed by atoms with Crippen LogP contribution in [0.1, 0.15) is 12.6 Å². The van der Waals surface area contributed by atoms with Gasteiger partial charge in [0.15, 0.2) is 6.10 Å².